The minimum atomic E-state index is -0.266. The van der Waals surface area contributed by atoms with E-state index in [1.165, 1.54) is 6.33 Å². The van der Waals surface area contributed by atoms with E-state index in [4.69, 9.17) is 4.74 Å². The third-order valence-electron chi connectivity index (χ3n) is 3.30. The highest BCUT2D eigenvalue weighted by Gasteiger charge is 2.20. The summed E-state index contributed by atoms with van der Waals surface area (Å²) in [5.74, 6) is -0.0409. The lowest BCUT2D eigenvalue weighted by Crippen LogP contribution is -2.51. The molecule has 1 aromatic heterocycles. The topological polar surface area (TPSA) is 81.1 Å². The number of carbonyl (C=O) groups excluding carboxylic acids is 1. The minimum Gasteiger partial charge on any atom is -0.378 e. The lowest BCUT2D eigenvalue weighted by Gasteiger charge is -2.22. The van der Waals surface area contributed by atoms with Crippen LogP contribution in [0.4, 0.5) is 0 Å². The Morgan fingerprint density at radius 2 is 2.48 bits per heavy atom. The molecule has 2 heterocycles. The SMILES string of the molecule is O=C(NCc1cccc(-n2cncn2)c1)C1COCCN1. The van der Waals surface area contributed by atoms with Crippen molar-refractivity contribution in [2.45, 2.75) is 12.6 Å². The number of aromatic nitrogens is 3. The molecule has 1 aromatic carbocycles. The van der Waals surface area contributed by atoms with E-state index >= 15 is 0 Å². The zero-order chi connectivity index (χ0) is 14.5. The van der Waals surface area contributed by atoms with Gasteiger partial charge in [0.15, 0.2) is 0 Å². The summed E-state index contributed by atoms with van der Waals surface area (Å²) >= 11 is 0. The normalized spacial score (nSPS) is 18.4. The summed E-state index contributed by atoms with van der Waals surface area (Å²) in [6, 6.07) is 7.54. The molecule has 1 amide bonds. The molecular weight excluding hydrogens is 270 g/mol. The first kappa shape index (κ1) is 13.7. The molecule has 1 saturated heterocycles. The van der Waals surface area contributed by atoms with Gasteiger partial charge in [0.1, 0.15) is 18.7 Å². The number of hydrogen-bond donors (Lipinski definition) is 2. The number of amides is 1. The second-order valence-electron chi connectivity index (χ2n) is 4.81. The first-order chi connectivity index (χ1) is 10.3. The van der Waals surface area contributed by atoms with Crippen LogP contribution in [0.25, 0.3) is 5.69 Å². The fraction of sp³-hybridized carbons (Fsp3) is 0.357. The number of benzene rings is 1. The standard InChI is InChI=1S/C14H17N5O2/c20-14(13-8-21-5-4-16-13)17-7-11-2-1-3-12(6-11)19-10-15-9-18-19/h1-3,6,9-10,13,16H,4-5,7-8H2,(H,17,20). The van der Waals surface area contributed by atoms with Crippen molar-refractivity contribution in [3.8, 4) is 5.69 Å². The predicted molar refractivity (Wildman–Crippen MR) is 75.8 cm³/mol. The van der Waals surface area contributed by atoms with Crippen molar-refractivity contribution in [3.63, 3.8) is 0 Å². The fourth-order valence-electron chi connectivity index (χ4n) is 2.20. The summed E-state index contributed by atoms with van der Waals surface area (Å²) in [5, 5.41) is 10.1. The molecule has 0 bridgehead atoms. The van der Waals surface area contributed by atoms with Crippen LogP contribution < -0.4 is 10.6 Å². The van der Waals surface area contributed by atoms with Gasteiger partial charge in [-0.2, -0.15) is 5.10 Å². The molecule has 1 aliphatic rings. The Bertz CT molecular complexity index is 593. The minimum absolute atomic E-state index is 0.0409. The zero-order valence-corrected chi connectivity index (χ0v) is 11.5. The molecule has 1 aliphatic heterocycles. The van der Waals surface area contributed by atoms with Crippen molar-refractivity contribution in [2.75, 3.05) is 19.8 Å². The molecule has 21 heavy (non-hydrogen) atoms. The molecule has 7 heteroatoms. The van der Waals surface area contributed by atoms with Gasteiger partial charge in [0.25, 0.3) is 0 Å². The average molecular weight is 287 g/mol. The number of nitrogens with zero attached hydrogens (tertiary/aromatic N) is 3. The Morgan fingerprint density at radius 1 is 1.52 bits per heavy atom. The van der Waals surface area contributed by atoms with Crippen LogP contribution in [0.2, 0.25) is 0 Å². The summed E-state index contributed by atoms with van der Waals surface area (Å²) in [4.78, 5) is 15.9. The molecular formula is C14H17N5O2. The van der Waals surface area contributed by atoms with Gasteiger partial charge in [0, 0.05) is 13.1 Å². The zero-order valence-electron chi connectivity index (χ0n) is 11.5. The van der Waals surface area contributed by atoms with Gasteiger partial charge >= 0.3 is 0 Å². The molecule has 0 radical (unpaired) electrons. The molecule has 1 fully saturated rings. The third-order valence-corrected chi connectivity index (χ3v) is 3.30. The maximum absolute atomic E-state index is 12.0. The van der Waals surface area contributed by atoms with Gasteiger partial charge in [-0.1, -0.05) is 12.1 Å². The average Bonchev–Trinajstić information content (AvgIpc) is 3.08. The summed E-state index contributed by atoms with van der Waals surface area (Å²) in [7, 11) is 0. The summed E-state index contributed by atoms with van der Waals surface area (Å²) in [6.45, 7) is 2.26. The monoisotopic (exact) mass is 287 g/mol. The van der Waals surface area contributed by atoms with Crippen LogP contribution in [0.1, 0.15) is 5.56 Å². The van der Waals surface area contributed by atoms with Crippen molar-refractivity contribution in [1.29, 1.82) is 0 Å². The van der Waals surface area contributed by atoms with Gasteiger partial charge < -0.3 is 15.4 Å². The van der Waals surface area contributed by atoms with E-state index in [-0.39, 0.29) is 11.9 Å². The molecule has 1 atom stereocenters. The van der Waals surface area contributed by atoms with Crippen LogP contribution in [0.3, 0.4) is 0 Å². The van der Waals surface area contributed by atoms with Gasteiger partial charge in [-0.3, -0.25) is 4.79 Å². The molecule has 0 saturated carbocycles. The highest BCUT2D eigenvalue weighted by molar-refractivity contribution is 5.81. The second kappa shape index (κ2) is 6.47. The van der Waals surface area contributed by atoms with E-state index in [1.807, 2.05) is 24.3 Å². The predicted octanol–water partition coefficient (Wildman–Crippen LogP) is -0.128. The Kier molecular flexibility index (Phi) is 4.23. The smallest absolute Gasteiger partial charge is 0.239 e. The van der Waals surface area contributed by atoms with Crippen molar-refractivity contribution < 1.29 is 9.53 Å². The van der Waals surface area contributed by atoms with Gasteiger partial charge in [-0.15, -0.1) is 0 Å². The third kappa shape index (κ3) is 3.45. The maximum Gasteiger partial charge on any atom is 0.239 e. The molecule has 2 N–H and O–H groups in total. The number of rotatable bonds is 4. The Hall–Kier alpha value is -2.25. The summed E-state index contributed by atoms with van der Waals surface area (Å²) in [6.07, 6.45) is 3.13. The van der Waals surface area contributed by atoms with Crippen molar-refractivity contribution >= 4 is 5.91 Å². The van der Waals surface area contributed by atoms with E-state index < -0.39 is 0 Å². The van der Waals surface area contributed by atoms with Crippen LogP contribution in [0.5, 0.6) is 0 Å². The first-order valence-electron chi connectivity index (χ1n) is 6.86. The lowest BCUT2D eigenvalue weighted by molar-refractivity contribution is -0.126. The number of ether oxygens (including phenoxy) is 1. The largest absolute Gasteiger partial charge is 0.378 e. The maximum atomic E-state index is 12.0. The van der Waals surface area contributed by atoms with Gasteiger partial charge in [0.2, 0.25) is 5.91 Å². The van der Waals surface area contributed by atoms with Crippen molar-refractivity contribution in [2.24, 2.45) is 0 Å². The highest BCUT2D eigenvalue weighted by atomic mass is 16.5. The molecule has 2 aromatic rings. The molecule has 1 unspecified atom stereocenters. The van der Waals surface area contributed by atoms with Crippen LogP contribution in [-0.2, 0) is 16.1 Å². The van der Waals surface area contributed by atoms with Gasteiger partial charge in [-0.25, -0.2) is 9.67 Å². The van der Waals surface area contributed by atoms with Crippen LogP contribution >= 0.6 is 0 Å². The second-order valence-corrected chi connectivity index (χ2v) is 4.81. The van der Waals surface area contributed by atoms with Crippen LogP contribution in [-0.4, -0.2) is 46.5 Å². The summed E-state index contributed by atoms with van der Waals surface area (Å²) < 4.78 is 6.96. The quantitative estimate of drug-likeness (QED) is 0.819. The van der Waals surface area contributed by atoms with E-state index in [0.717, 1.165) is 11.3 Å². The molecule has 7 nitrogen and oxygen atoms in total. The van der Waals surface area contributed by atoms with E-state index in [2.05, 4.69) is 20.7 Å². The molecule has 110 valence electrons. The van der Waals surface area contributed by atoms with E-state index in [0.29, 0.717) is 26.3 Å². The van der Waals surface area contributed by atoms with Crippen molar-refractivity contribution in [3.05, 3.63) is 42.5 Å². The molecule has 0 spiro atoms. The van der Waals surface area contributed by atoms with E-state index in [1.54, 1.807) is 11.0 Å². The first-order valence-corrected chi connectivity index (χ1v) is 6.86. The number of morpholine rings is 1. The Balaban J connectivity index is 1.60. The highest BCUT2D eigenvalue weighted by Crippen LogP contribution is 2.09. The number of hydrogen-bond acceptors (Lipinski definition) is 5. The van der Waals surface area contributed by atoms with Crippen LogP contribution in [0, 0.1) is 0 Å². The number of carbonyl (C=O) groups is 1. The van der Waals surface area contributed by atoms with Crippen LogP contribution in [0.15, 0.2) is 36.9 Å². The Labute approximate surface area is 122 Å². The number of nitrogens with one attached hydrogen (secondary N) is 2. The van der Waals surface area contributed by atoms with Gasteiger partial charge in [0.05, 0.1) is 18.9 Å². The van der Waals surface area contributed by atoms with E-state index in [9.17, 15) is 4.79 Å². The lowest BCUT2D eigenvalue weighted by atomic mass is 10.2. The van der Waals surface area contributed by atoms with Crippen molar-refractivity contribution in [1.82, 2.24) is 25.4 Å². The van der Waals surface area contributed by atoms with Gasteiger partial charge in [-0.05, 0) is 17.7 Å². The molecule has 3 rings (SSSR count). The fourth-order valence-corrected chi connectivity index (χ4v) is 2.20. The summed E-state index contributed by atoms with van der Waals surface area (Å²) in [5.41, 5.74) is 1.92. The molecule has 0 aliphatic carbocycles. The Morgan fingerprint density at radius 3 is 3.24 bits per heavy atom.